The quantitative estimate of drug-likeness (QED) is 0.772. The third-order valence-electron chi connectivity index (χ3n) is 2.19. The molecule has 0 aromatic heterocycles. The Morgan fingerprint density at radius 2 is 1.95 bits per heavy atom. The van der Waals surface area contributed by atoms with Gasteiger partial charge in [-0.2, -0.15) is 0 Å². The first-order valence-electron chi connectivity index (χ1n) is 6.51. The molecule has 3 amide bonds. The zero-order chi connectivity index (χ0) is 16.5. The van der Waals surface area contributed by atoms with Gasteiger partial charge >= 0.3 is 12.0 Å². The van der Waals surface area contributed by atoms with Crippen LogP contribution in [0.4, 0.5) is 4.79 Å². The largest absolute Gasteiger partial charge is 0.482 e. The van der Waals surface area contributed by atoms with E-state index in [0.717, 1.165) is 0 Å². The lowest BCUT2D eigenvalue weighted by Crippen LogP contribution is -2.44. The van der Waals surface area contributed by atoms with Gasteiger partial charge in [0.05, 0.1) is 0 Å². The van der Waals surface area contributed by atoms with Crippen molar-refractivity contribution in [1.29, 1.82) is 0 Å². The van der Waals surface area contributed by atoms with E-state index in [1.54, 1.807) is 32.0 Å². The number of nitrogens with one attached hydrogen (secondary N) is 2. The molecule has 8 heteroatoms. The highest BCUT2D eigenvalue weighted by atomic mass is 35.5. The fourth-order valence-electron chi connectivity index (χ4n) is 1.35. The number of esters is 1. The smallest absolute Gasteiger partial charge is 0.344 e. The molecule has 0 atom stereocenters. The maximum Gasteiger partial charge on any atom is 0.344 e. The molecule has 1 aromatic carbocycles. The minimum absolute atomic E-state index is 0.110. The summed E-state index contributed by atoms with van der Waals surface area (Å²) in [6, 6.07) is 5.75. The number of urea groups is 1. The molecule has 0 unspecified atom stereocenters. The molecular formula is C14H17ClN2O5. The van der Waals surface area contributed by atoms with Crippen molar-refractivity contribution in [3.8, 4) is 5.75 Å². The van der Waals surface area contributed by atoms with Crippen molar-refractivity contribution in [3.63, 3.8) is 0 Å². The van der Waals surface area contributed by atoms with Crippen LogP contribution in [0.5, 0.6) is 5.75 Å². The fraction of sp³-hybridized carbons (Fsp3) is 0.357. The highest BCUT2D eigenvalue weighted by Gasteiger charge is 2.12. The summed E-state index contributed by atoms with van der Waals surface area (Å²) in [5.74, 6) is -1.06. The van der Waals surface area contributed by atoms with E-state index in [4.69, 9.17) is 16.3 Å². The van der Waals surface area contributed by atoms with Gasteiger partial charge in [-0.1, -0.05) is 17.7 Å². The predicted octanol–water partition coefficient (Wildman–Crippen LogP) is 1.50. The number of carbonyl (C=O) groups is 3. The van der Waals surface area contributed by atoms with E-state index in [1.165, 1.54) is 6.07 Å². The van der Waals surface area contributed by atoms with Crippen molar-refractivity contribution in [2.24, 2.45) is 0 Å². The lowest BCUT2D eigenvalue weighted by molar-refractivity contribution is -0.150. The van der Waals surface area contributed by atoms with Crippen LogP contribution in [0.2, 0.25) is 5.02 Å². The van der Waals surface area contributed by atoms with Gasteiger partial charge in [0.2, 0.25) is 0 Å². The zero-order valence-corrected chi connectivity index (χ0v) is 13.0. The van der Waals surface area contributed by atoms with Crippen LogP contribution in [0.1, 0.15) is 13.8 Å². The number of amides is 3. The molecule has 0 fully saturated rings. The number of ether oxygens (including phenoxy) is 2. The summed E-state index contributed by atoms with van der Waals surface area (Å²) < 4.78 is 9.82. The molecule has 0 aliphatic heterocycles. The molecule has 1 aromatic rings. The predicted molar refractivity (Wildman–Crippen MR) is 79.7 cm³/mol. The van der Waals surface area contributed by atoms with E-state index in [9.17, 15) is 14.4 Å². The van der Waals surface area contributed by atoms with E-state index in [0.29, 0.717) is 10.8 Å². The van der Waals surface area contributed by atoms with Gasteiger partial charge in [-0.25, -0.2) is 9.59 Å². The minimum atomic E-state index is -0.737. The molecule has 1 rings (SSSR count). The first-order valence-corrected chi connectivity index (χ1v) is 6.89. The number of rotatable bonds is 6. The molecule has 0 radical (unpaired) electrons. The Labute approximate surface area is 132 Å². The van der Waals surface area contributed by atoms with Crippen LogP contribution in [0.25, 0.3) is 0 Å². The van der Waals surface area contributed by atoms with Crippen LogP contribution in [0, 0.1) is 0 Å². The number of halogens is 1. The lowest BCUT2D eigenvalue weighted by Gasteiger charge is -2.10. The Balaban J connectivity index is 2.25. The molecule has 2 N–H and O–H groups in total. The van der Waals surface area contributed by atoms with Crippen molar-refractivity contribution >= 4 is 29.5 Å². The van der Waals surface area contributed by atoms with Crippen molar-refractivity contribution in [2.75, 3.05) is 13.2 Å². The summed E-state index contributed by atoms with van der Waals surface area (Å²) in [6.45, 7) is 2.56. The van der Waals surface area contributed by atoms with Gasteiger partial charge in [-0.05, 0) is 32.0 Å². The molecule has 0 saturated carbocycles. The van der Waals surface area contributed by atoms with Crippen LogP contribution in [-0.2, 0) is 14.3 Å². The Kier molecular flexibility index (Phi) is 7.18. The Hall–Kier alpha value is -2.28. The van der Waals surface area contributed by atoms with Gasteiger partial charge in [0, 0.05) is 11.1 Å². The molecular weight excluding hydrogens is 312 g/mol. The summed E-state index contributed by atoms with van der Waals surface area (Å²) >= 11 is 5.76. The van der Waals surface area contributed by atoms with Crippen LogP contribution >= 0.6 is 11.6 Å². The lowest BCUT2D eigenvalue weighted by atomic mass is 10.3. The average molecular weight is 329 g/mol. The molecule has 0 heterocycles. The Bertz CT molecular complexity index is 548. The SMILES string of the molecule is CC(C)NC(=O)NC(=O)COC(=O)COc1cccc(Cl)c1. The van der Waals surface area contributed by atoms with Crippen LogP contribution in [-0.4, -0.2) is 37.2 Å². The standard InChI is InChI=1S/C14H17ClN2O5/c1-9(2)16-14(20)17-12(18)7-22-13(19)8-21-11-5-3-4-10(15)6-11/h3-6,9H,7-8H2,1-2H3,(H2,16,17,18,20). The van der Waals surface area contributed by atoms with E-state index in [2.05, 4.69) is 10.1 Å². The first-order chi connectivity index (χ1) is 10.4. The van der Waals surface area contributed by atoms with Gasteiger partial charge < -0.3 is 14.8 Å². The number of hydrogen-bond acceptors (Lipinski definition) is 5. The summed E-state index contributed by atoms with van der Waals surface area (Å²) in [5, 5.41) is 4.96. The Morgan fingerprint density at radius 3 is 2.59 bits per heavy atom. The second-order valence-electron chi connectivity index (χ2n) is 4.58. The molecule has 0 aliphatic carbocycles. The summed E-state index contributed by atoms with van der Waals surface area (Å²) in [4.78, 5) is 34.0. The number of carbonyl (C=O) groups excluding carboxylic acids is 3. The topological polar surface area (TPSA) is 93.7 Å². The molecule has 120 valence electrons. The molecule has 0 saturated heterocycles. The molecule has 0 spiro atoms. The molecule has 0 bridgehead atoms. The van der Waals surface area contributed by atoms with E-state index < -0.39 is 24.5 Å². The second kappa shape index (κ2) is 8.89. The second-order valence-corrected chi connectivity index (χ2v) is 5.02. The van der Waals surface area contributed by atoms with E-state index >= 15 is 0 Å². The van der Waals surface area contributed by atoms with Gasteiger partial charge in [0.25, 0.3) is 5.91 Å². The third-order valence-corrected chi connectivity index (χ3v) is 2.42. The molecule has 22 heavy (non-hydrogen) atoms. The third kappa shape index (κ3) is 7.49. The number of benzene rings is 1. The normalized spacial score (nSPS) is 10.0. The fourth-order valence-corrected chi connectivity index (χ4v) is 1.53. The number of hydrogen-bond donors (Lipinski definition) is 2. The van der Waals surface area contributed by atoms with Crippen molar-refractivity contribution in [1.82, 2.24) is 10.6 Å². The average Bonchev–Trinajstić information content (AvgIpc) is 2.42. The van der Waals surface area contributed by atoms with Gasteiger partial charge in [-0.3, -0.25) is 10.1 Å². The van der Waals surface area contributed by atoms with Crippen LogP contribution < -0.4 is 15.4 Å². The highest BCUT2D eigenvalue weighted by Crippen LogP contribution is 2.16. The first kappa shape index (κ1) is 17.8. The monoisotopic (exact) mass is 328 g/mol. The van der Waals surface area contributed by atoms with E-state index in [-0.39, 0.29) is 12.6 Å². The maximum atomic E-state index is 11.4. The van der Waals surface area contributed by atoms with Crippen molar-refractivity contribution < 1.29 is 23.9 Å². The highest BCUT2D eigenvalue weighted by molar-refractivity contribution is 6.30. The summed E-state index contributed by atoms with van der Waals surface area (Å²) in [5.41, 5.74) is 0. The summed E-state index contributed by atoms with van der Waals surface area (Å²) in [7, 11) is 0. The van der Waals surface area contributed by atoms with Crippen LogP contribution in [0.3, 0.4) is 0 Å². The van der Waals surface area contributed by atoms with Gasteiger partial charge in [-0.15, -0.1) is 0 Å². The van der Waals surface area contributed by atoms with Crippen LogP contribution in [0.15, 0.2) is 24.3 Å². The van der Waals surface area contributed by atoms with E-state index in [1.807, 2.05) is 5.32 Å². The number of imide groups is 1. The Morgan fingerprint density at radius 1 is 1.23 bits per heavy atom. The molecule has 7 nitrogen and oxygen atoms in total. The van der Waals surface area contributed by atoms with Crippen molar-refractivity contribution in [2.45, 2.75) is 19.9 Å². The van der Waals surface area contributed by atoms with Gasteiger partial charge in [0.15, 0.2) is 13.2 Å². The zero-order valence-electron chi connectivity index (χ0n) is 12.2. The maximum absolute atomic E-state index is 11.4. The van der Waals surface area contributed by atoms with Gasteiger partial charge in [0.1, 0.15) is 5.75 Å². The molecule has 0 aliphatic rings. The summed E-state index contributed by atoms with van der Waals surface area (Å²) in [6.07, 6.45) is 0. The minimum Gasteiger partial charge on any atom is -0.482 e. The van der Waals surface area contributed by atoms with Crippen molar-refractivity contribution in [3.05, 3.63) is 29.3 Å².